The van der Waals surface area contributed by atoms with Gasteiger partial charge >= 0.3 is 0 Å². The molecule has 1 aromatic rings. The highest BCUT2D eigenvalue weighted by Crippen LogP contribution is 2.27. The molecule has 1 aromatic carbocycles. The summed E-state index contributed by atoms with van der Waals surface area (Å²) in [5.41, 5.74) is 0.844. The van der Waals surface area contributed by atoms with E-state index in [0.717, 1.165) is 24.4 Å². The summed E-state index contributed by atoms with van der Waals surface area (Å²) in [5, 5.41) is 1.10. The molecule has 0 amide bonds. The summed E-state index contributed by atoms with van der Waals surface area (Å²) in [7, 11) is 4.03. The van der Waals surface area contributed by atoms with E-state index in [9.17, 15) is 0 Å². The van der Waals surface area contributed by atoms with Crippen molar-refractivity contribution in [3.05, 3.63) is 28.2 Å². The number of rotatable bonds is 4. The van der Waals surface area contributed by atoms with E-state index >= 15 is 0 Å². The summed E-state index contributed by atoms with van der Waals surface area (Å²) < 4.78 is 0. The highest BCUT2D eigenvalue weighted by atomic mass is 35.5. The standard InChI is InChI=1S/C14H20Cl2N2/c1-5-6-10(2)14(18(3)4)17-11-7-8-12(15)13(16)9-11/h7-10H,5-6H2,1-4H3/t10-/m1/s1. The van der Waals surface area contributed by atoms with E-state index in [4.69, 9.17) is 23.2 Å². The molecular weight excluding hydrogens is 267 g/mol. The van der Waals surface area contributed by atoms with Crippen LogP contribution in [0.3, 0.4) is 0 Å². The number of hydrogen-bond acceptors (Lipinski definition) is 1. The molecule has 0 spiro atoms. The first kappa shape index (κ1) is 15.3. The van der Waals surface area contributed by atoms with E-state index in [1.807, 2.05) is 20.2 Å². The zero-order valence-corrected chi connectivity index (χ0v) is 12.9. The Balaban J connectivity index is 3.04. The molecule has 0 N–H and O–H groups in total. The summed E-state index contributed by atoms with van der Waals surface area (Å²) in [6.07, 6.45) is 2.27. The van der Waals surface area contributed by atoms with Gasteiger partial charge in [0.1, 0.15) is 5.84 Å². The highest BCUT2D eigenvalue weighted by Gasteiger charge is 2.12. The predicted molar refractivity (Wildman–Crippen MR) is 81.3 cm³/mol. The molecule has 0 aliphatic rings. The van der Waals surface area contributed by atoms with Gasteiger partial charge in [0.15, 0.2) is 0 Å². The maximum absolute atomic E-state index is 6.00. The van der Waals surface area contributed by atoms with Gasteiger partial charge in [0.25, 0.3) is 0 Å². The molecule has 0 radical (unpaired) electrons. The SMILES string of the molecule is CCC[C@@H](C)C(=Nc1ccc(Cl)c(Cl)c1)N(C)C. The zero-order chi connectivity index (χ0) is 13.7. The summed E-state index contributed by atoms with van der Waals surface area (Å²) in [6.45, 7) is 4.38. The first-order valence-electron chi connectivity index (χ1n) is 6.16. The molecule has 1 rings (SSSR count). The lowest BCUT2D eigenvalue weighted by molar-refractivity contribution is 0.538. The van der Waals surface area contributed by atoms with E-state index in [1.165, 1.54) is 0 Å². The monoisotopic (exact) mass is 286 g/mol. The van der Waals surface area contributed by atoms with E-state index in [1.54, 1.807) is 12.1 Å². The Labute approximate surface area is 120 Å². The van der Waals surface area contributed by atoms with Crippen LogP contribution in [-0.2, 0) is 0 Å². The molecule has 0 aromatic heterocycles. The fourth-order valence-electron chi connectivity index (χ4n) is 1.90. The number of nitrogens with zero attached hydrogens (tertiary/aromatic N) is 2. The summed E-state index contributed by atoms with van der Waals surface area (Å²) in [5.74, 6) is 1.50. The molecule has 0 unspecified atom stereocenters. The molecule has 1 atom stereocenters. The van der Waals surface area contributed by atoms with Gasteiger partial charge in [0, 0.05) is 20.0 Å². The summed E-state index contributed by atoms with van der Waals surface area (Å²) in [6, 6.07) is 5.46. The van der Waals surface area contributed by atoms with Gasteiger partial charge in [-0.2, -0.15) is 0 Å². The lowest BCUT2D eigenvalue weighted by atomic mass is 10.0. The third kappa shape index (κ3) is 4.18. The van der Waals surface area contributed by atoms with Crippen molar-refractivity contribution in [1.82, 2.24) is 4.90 Å². The van der Waals surface area contributed by atoms with Gasteiger partial charge in [-0.1, -0.05) is 43.5 Å². The normalized spacial score (nSPS) is 13.6. The van der Waals surface area contributed by atoms with Crippen molar-refractivity contribution in [3.8, 4) is 0 Å². The van der Waals surface area contributed by atoms with Crippen molar-refractivity contribution >= 4 is 34.7 Å². The first-order valence-corrected chi connectivity index (χ1v) is 6.92. The fourth-order valence-corrected chi connectivity index (χ4v) is 2.19. The second-order valence-electron chi connectivity index (χ2n) is 4.65. The van der Waals surface area contributed by atoms with Gasteiger partial charge in [-0.25, -0.2) is 4.99 Å². The Bertz CT molecular complexity index is 428. The molecule has 0 aliphatic heterocycles. The number of halogens is 2. The van der Waals surface area contributed by atoms with E-state index < -0.39 is 0 Å². The fraction of sp³-hybridized carbons (Fsp3) is 0.500. The van der Waals surface area contributed by atoms with Crippen LogP contribution >= 0.6 is 23.2 Å². The maximum Gasteiger partial charge on any atom is 0.107 e. The van der Waals surface area contributed by atoms with Gasteiger partial charge in [0.05, 0.1) is 15.7 Å². The molecule has 4 heteroatoms. The van der Waals surface area contributed by atoms with Crippen molar-refractivity contribution in [1.29, 1.82) is 0 Å². The van der Waals surface area contributed by atoms with Crippen LogP contribution in [0, 0.1) is 5.92 Å². The lowest BCUT2D eigenvalue weighted by Gasteiger charge is -2.21. The lowest BCUT2D eigenvalue weighted by Crippen LogP contribution is -2.28. The summed E-state index contributed by atoms with van der Waals surface area (Å²) in [4.78, 5) is 6.74. The molecular formula is C14H20Cl2N2. The zero-order valence-electron chi connectivity index (χ0n) is 11.4. The Morgan fingerprint density at radius 2 is 1.94 bits per heavy atom. The van der Waals surface area contributed by atoms with Crippen LogP contribution in [0.2, 0.25) is 10.0 Å². The van der Waals surface area contributed by atoms with E-state index in [2.05, 4.69) is 23.7 Å². The average molecular weight is 287 g/mol. The molecule has 0 saturated carbocycles. The second kappa shape index (κ2) is 7.01. The van der Waals surface area contributed by atoms with Crippen LogP contribution in [0.1, 0.15) is 26.7 Å². The molecule has 0 saturated heterocycles. The first-order chi connectivity index (χ1) is 8.45. The Morgan fingerprint density at radius 1 is 1.28 bits per heavy atom. The van der Waals surface area contributed by atoms with Gasteiger partial charge in [-0.05, 0) is 24.6 Å². The smallest absolute Gasteiger partial charge is 0.107 e. The van der Waals surface area contributed by atoms with Gasteiger partial charge in [0.2, 0.25) is 0 Å². The van der Waals surface area contributed by atoms with Crippen LogP contribution < -0.4 is 0 Å². The van der Waals surface area contributed by atoms with Gasteiger partial charge in [-0.15, -0.1) is 0 Å². The third-order valence-corrected chi connectivity index (χ3v) is 3.51. The largest absolute Gasteiger partial charge is 0.366 e. The molecule has 2 nitrogen and oxygen atoms in total. The van der Waals surface area contributed by atoms with Crippen molar-refractivity contribution in [2.45, 2.75) is 26.7 Å². The molecule has 0 bridgehead atoms. The van der Waals surface area contributed by atoms with Gasteiger partial charge < -0.3 is 4.90 Å². The summed E-state index contributed by atoms with van der Waals surface area (Å²) >= 11 is 11.9. The minimum atomic E-state index is 0.430. The second-order valence-corrected chi connectivity index (χ2v) is 5.47. The maximum atomic E-state index is 6.00. The van der Waals surface area contributed by atoms with E-state index in [-0.39, 0.29) is 0 Å². The minimum absolute atomic E-state index is 0.430. The number of aliphatic imine (C=N–C) groups is 1. The molecule has 0 fully saturated rings. The van der Waals surface area contributed by atoms with Crippen LogP contribution in [0.25, 0.3) is 0 Å². The van der Waals surface area contributed by atoms with Gasteiger partial charge in [-0.3, -0.25) is 0 Å². The van der Waals surface area contributed by atoms with E-state index in [0.29, 0.717) is 16.0 Å². The van der Waals surface area contributed by atoms with Crippen LogP contribution in [0.4, 0.5) is 5.69 Å². The average Bonchev–Trinajstić information content (AvgIpc) is 2.30. The Kier molecular flexibility index (Phi) is 5.97. The van der Waals surface area contributed by atoms with Crippen molar-refractivity contribution in [2.75, 3.05) is 14.1 Å². The number of benzene rings is 1. The molecule has 18 heavy (non-hydrogen) atoms. The Morgan fingerprint density at radius 3 is 2.44 bits per heavy atom. The number of amidine groups is 1. The molecule has 100 valence electrons. The topological polar surface area (TPSA) is 15.6 Å². The van der Waals surface area contributed by atoms with Crippen molar-refractivity contribution in [2.24, 2.45) is 10.9 Å². The van der Waals surface area contributed by atoms with Crippen LogP contribution in [-0.4, -0.2) is 24.8 Å². The van der Waals surface area contributed by atoms with Crippen molar-refractivity contribution in [3.63, 3.8) is 0 Å². The Hall–Kier alpha value is -0.730. The highest BCUT2D eigenvalue weighted by molar-refractivity contribution is 6.42. The van der Waals surface area contributed by atoms with Crippen LogP contribution in [0.15, 0.2) is 23.2 Å². The number of hydrogen-bond donors (Lipinski definition) is 0. The van der Waals surface area contributed by atoms with Crippen LogP contribution in [0.5, 0.6) is 0 Å². The molecule has 0 heterocycles. The minimum Gasteiger partial charge on any atom is -0.366 e. The predicted octanol–water partition coefficient (Wildman–Crippen LogP) is 5.02. The molecule has 0 aliphatic carbocycles. The third-order valence-electron chi connectivity index (χ3n) is 2.77. The van der Waals surface area contributed by atoms with Crippen molar-refractivity contribution < 1.29 is 0 Å². The quantitative estimate of drug-likeness (QED) is 0.560.